The van der Waals surface area contributed by atoms with Gasteiger partial charge in [0.1, 0.15) is 35.2 Å². The van der Waals surface area contributed by atoms with Gasteiger partial charge in [-0.15, -0.1) is 6.42 Å². The number of ether oxygens (including phenoxy) is 2. The lowest BCUT2D eigenvalue weighted by molar-refractivity contribution is -0.375. The van der Waals surface area contributed by atoms with Crippen LogP contribution in [0, 0.1) is 24.0 Å². The number of phenols is 1. The molecular formula is C41H42F8N6O3. The van der Waals surface area contributed by atoms with Gasteiger partial charge in [0.2, 0.25) is 0 Å². The average Bonchev–Trinajstić information content (AvgIpc) is 3.74. The average molecular weight is 819 g/mol. The van der Waals surface area contributed by atoms with Crippen LogP contribution in [0.15, 0.2) is 24.3 Å². The van der Waals surface area contributed by atoms with E-state index in [1.807, 2.05) is 4.90 Å². The number of benzene rings is 2. The Morgan fingerprint density at radius 3 is 2.52 bits per heavy atom. The molecule has 3 saturated heterocycles. The molecule has 0 saturated carbocycles. The van der Waals surface area contributed by atoms with Crippen molar-refractivity contribution in [3.63, 3.8) is 0 Å². The predicted molar refractivity (Wildman–Crippen MR) is 200 cm³/mol. The molecular weight excluding hydrogens is 776 g/mol. The molecule has 2 N–H and O–H groups in total. The smallest absolute Gasteiger partial charge is 0.426 e. The van der Waals surface area contributed by atoms with E-state index in [2.05, 4.69) is 28.0 Å². The number of pyridine rings is 1. The number of halogens is 8. The Labute approximate surface area is 329 Å². The number of piperazine rings is 1. The zero-order valence-corrected chi connectivity index (χ0v) is 31.8. The number of aromatic hydroxyl groups is 1. The molecule has 0 amide bonds. The molecule has 4 aliphatic rings. The van der Waals surface area contributed by atoms with Gasteiger partial charge in [0.05, 0.1) is 28.8 Å². The molecule has 4 aliphatic heterocycles. The van der Waals surface area contributed by atoms with E-state index in [1.165, 1.54) is 24.3 Å². The van der Waals surface area contributed by atoms with Gasteiger partial charge in [-0.3, -0.25) is 4.90 Å². The Hall–Kier alpha value is -4.53. The molecule has 0 aliphatic carbocycles. The SMILES string of the molecule is C#Cc1c(F)ccc2cc(O)cc(-c3nc4c5c(nc(OC[C@@]67CCCN6[C@H](COC(C)(C(F)(F)F)C(F)(F)F)CC7)nc5c3F)N3C[C@@H](CC)NC[C@H]3CCC4)c12. The van der Waals surface area contributed by atoms with Crippen molar-refractivity contribution >= 4 is 27.5 Å². The van der Waals surface area contributed by atoms with Gasteiger partial charge < -0.3 is 24.8 Å². The van der Waals surface area contributed by atoms with Crippen molar-refractivity contribution < 1.29 is 49.7 Å². The number of hydrogen-bond donors (Lipinski definition) is 2. The van der Waals surface area contributed by atoms with Crippen molar-refractivity contribution in [2.75, 3.05) is 37.7 Å². The van der Waals surface area contributed by atoms with Gasteiger partial charge in [0.15, 0.2) is 5.82 Å². The molecule has 0 bridgehead atoms. The number of alkyl halides is 6. The molecule has 4 aromatic rings. The van der Waals surface area contributed by atoms with E-state index in [0.29, 0.717) is 74.0 Å². The first kappa shape index (κ1) is 40.3. The van der Waals surface area contributed by atoms with Gasteiger partial charge >= 0.3 is 18.4 Å². The van der Waals surface area contributed by atoms with E-state index in [1.54, 1.807) is 0 Å². The van der Waals surface area contributed by atoms with Gasteiger partial charge in [-0.1, -0.05) is 18.9 Å². The molecule has 3 fully saturated rings. The fraction of sp³-hybridized carbons (Fsp3) is 0.537. The summed E-state index contributed by atoms with van der Waals surface area (Å²) in [4.78, 5) is 18.3. The second kappa shape index (κ2) is 14.6. The standard InChI is InChI=1S/C41H42F8N6O3/c1-4-23-19-54-24(18-50-23)8-6-9-30-32-35(33(43)34(51-30)28-17-26(56)16-22-10-11-29(42)27(5-2)31(22)28)52-37(53-36(32)54)57-21-39-13-7-15-55(39)25(12-14-39)20-58-38(3,40(44,45)46)41(47,48)49/h2,10-11,16-17,23-25,50,56H,4,6-9,12-15,18-21H2,1,3H3/t23-,24-,25+,39+/m1/s1. The second-order valence-corrected chi connectivity index (χ2v) is 16.0. The normalized spacial score (nSPS) is 24.1. The largest absolute Gasteiger partial charge is 0.508 e. The minimum atomic E-state index is -5.68. The zero-order chi connectivity index (χ0) is 41.4. The van der Waals surface area contributed by atoms with Crippen LogP contribution in [0.2, 0.25) is 0 Å². The lowest BCUT2D eigenvalue weighted by Crippen LogP contribution is -2.58. The summed E-state index contributed by atoms with van der Waals surface area (Å²) in [6, 6.07) is 4.48. The number of aryl methyl sites for hydroxylation is 1. The number of nitrogens with zero attached hydrogens (tertiary/aromatic N) is 5. The molecule has 2 aromatic carbocycles. The third-order valence-electron chi connectivity index (χ3n) is 12.6. The molecule has 0 spiro atoms. The minimum absolute atomic E-state index is 0.000553. The molecule has 2 aromatic heterocycles. The van der Waals surface area contributed by atoms with Crippen LogP contribution in [0.5, 0.6) is 11.8 Å². The van der Waals surface area contributed by atoms with Crippen molar-refractivity contribution in [1.82, 2.24) is 25.2 Å². The van der Waals surface area contributed by atoms with Gasteiger partial charge in [-0.25, -0.2) is 13.8 Å². The van der Waals surface area contributed by atoms with Gasteiger partial charge in [0, 0.05) is 42.2 Å². The van der Waals surface area contributed by atoms with E-state index < -0.39 is 47.8 Å². The van der Waals surface area contributed by atoms with Crippen molar-refractivity contribution in [2.45, 2.75) is 107 Å². The molecule has 17 heteroatoms. The minimum Gasteiger partial charge on any atom is -0.508 e. The molecule has 6 heterocycles. The quantitative estimate of drug-likeness (QED) is 0.136. The first-order valence-corrected chi connectivity index (χ1v) is 19.5. The third-order valence-corrected chi connectivity index (χ3v) is 12.6. The second-order valence-electron chi connectivity index (χ2n) is 16.0. The van der Waals surface area contributed by atoms with Gasteiger partial charge in [-0.05, 0) is 88.4 Å². The summed E-state index contributed by atoms with van der Waals surface area (Å²) in [5, 5.41) is 15.3. The maximum Gasteiger partial charge on any atom is 0.426 e. The van der Waals surface area contributed by atoms with E-state index in [-0.39, 0.29) is 71.5 Å². The topological polar surface area (TPSA) is 95.9 Å². The van der Waals surface area contributed by atoms with Gasteiger partial charge in [0.25, 0.3) is 5.60 Å². The molecule has 8 rings (SSSR count). The van der Waals surface area contributed by atoms with Crippen LogP contribution in [0.4, 0.5) is 40.9 Å². The van der Waals surface area contributed by atoms with Crippen LogP contribution in [0.1, 0.15) is 70.1 Å². The first-order valence-electron chi connectivity index (χ1n) is 19.5. The van der Waals surface area contributed by atoms with Gasteiger partial charge in [-0.2, -0.15) is 36.3 Å². The lowest BCUT2D eigenvalue weighted by atomic mass is 9.94. The summed E-state index contributed by atoms with van der Waals surface area (Å²) in [6.45, 7) is 2.80. The molecule has 58 heavy (non-hydrogen) atoms. The number of fused-ring (bicyclic) bond motifs is 4. The Bertz CT molecular complexity index is 2280. The Morgan fingerprint density at radius 2 is 1.79 bits per heavy atom. The summed E-state index contributed by atoms with van der Waals surface area (Å²) in [5.41, 5.74) is -4.97. The van der Waals surface area contributed by atoms with Crippen LogP contribution < -0.4 is 15.0 Å². The Morgan fingerprint density at radius 1 is 1.02 bits per heavy atom. The first-order chi connectivity index (χ1) is 27.5. The molecule has 4 atom stereocenters. The number of terminal acetylenes is 1. The summed E-state index contributed by atoms with van der Waals surface area (Å²) in [6.07, 6.45) is -1.09. The highest BCUT2D eigenvalue weighted by Crippen LogP contribution is 2.48. The fourth-order valence-corrected chi connectivity index (χ4v) is 9.33. The van der Waals surface area contributed by atoms with E-state index in [4.69, 9.17) is 25.9 Å². The van der Waals surface area contributed by atoms with Crippen LogP contribution in [-0.4, -0.2) is 99.4 Å². The summed E-state index contributed by atoms with van der Waals surface area (Å²) in [7, 11) is 0. The predicted octanol–water partition coefficient (Wildman–Crippen LogP) is 7.98. The monoisotopic (exact) mass is 818 g/mol. The Kier molecular flexibility index (Phi) is 10.2. The summed E-state index contributed by atoms with van der Waals surface area (Å²) < 4.78 is 125. The van der Waals surface area contributed by atoms with Crippen LogP contribution in [0.25, 0.3) is 32.9 Å². The third kappa shape index (κ3) is 6.64. The lowest BCUT2D eigenvalue weighted by Gasteiger charge is -2.42. The fourth-order valence-electron chi connectivity index (χ4n) is 9.33. The zero-order valence-electron chi connectivity index (χ0n) is 31.8. The Balaban J connectivity index is 1.20. The summed E-state index contributed by atoms with van der Waals surface area (Å²) in [5.74, 6) is 0.983. The number of aromatic nitrogens is 3. The van der Waals surface area contributed by atoms with Crippen molar-refractivity contribution in [3.05, 3.63) is 47.2 Å². The maximum atomic E-state index is 17.4. The summed E-state index contributed by atoms with van der Waals surface area (Å²) >= 11 is 0. The van der Waals surface area contributed by atoms with Crippen LogP contribution in [-0.2, 0) is 11.2 Å². The maximum absolute atomic E-state index is 17.4. The van der Waals surface area contributed by atoms with Crippen molar-refractivity contribution in [2.24, 2.45) is 0 Å². The van der Waals surface area contributed by atoms with E-state index in [9.17, 15) is 31.4 Å². The molecule has 310 valence electrons. The van der Waals surface area contributed by atoms with Crippen molar-refractivity contribution in [3.8, 4) is 35.4 Å². The highest BCUT2D eigenvalue weighted by Gasteiger charge is 2.69. The molecule has 9 nitrogen and oxygen atoms in total. The van der Waals surface area contributed by atoms with E-state index >= 15 is 8.78 Å². The highest BCUT2D eigenvalue weighted by molar-refractivity contribution is 6.03. The van der Waals surface area contributed by atoms with Crippen LogP contribution >= 0.6 is 0 Å². The highest BCUT2D eigenvalue weighted by atomic mass is 19.4. The number of hydrogen-bond acceptors (Lipinski definition) is 9. The number of phenolic OH excluding ortho intramolecular Hbond substituents is 1. The molecule has 0 radical (unpaired) electrons. The molecule has 0 unspecified atom stereocenters. The number of rotatable bonds is 8. The number of anilines is 1. The van der Waals surface area contributed by atoms with Crippen LogP contribution in [0.3, 0.4) is 0 Å². The van der Waals surface area contributed by atoms with E-state index in [0.717, 1.165) is 12.8 Å². The van der Waals surface area contributed by atoms with Crippen molar-refractivity contribution in [1.29, 1.82) is 0 Å². The number of nitrogens with one attached hydrogen (secondary N) is 1.